The van der Waals surface area contributed by atoms with Crippen molar-refractivity contribution in [1.82, 2.24) is 4.90 Å². The molecule has 0 saturated carbocycles. The molecule has 2 aromatic rings. The van der Waals surface area contributed by atoms with Crippen LogP contribution >= 0.6 is 22.6 Å². The largest absolute Gasteiger partial charge is 0.343 e. The average Bonchev–Trinajstić information content (AvgIpc) is 2.55. The molecule has 0 spiro atoms. The average molecular weight is 421 g/mol. The van der Waals surface area contributed by atoms with E-state index in [4.69, 9.17) is 0 Å². The minimum absolute atomic E-state index is 0.0323. The van der Waals surface area contributed by atoms with Crippen molar-refractivity contribution in [2.75, 3.05) is 7.05 Å². The Hall–Kier alpha value is -1.95. The van der Waals surface area contributed by atoms with Crippen molar-refractivity contribution in [3.8, 4) is 0 Å². The lowest BCUT2D eigenvalue weighted by atomic mass is 9.94. The fourth-order valence-electron chi connectivity index (χ4n) is 2.62. The Bertz CT molecular complexity index is 817. The van der Waals surface area contributed by atoms with Crippen LogP contribution in [0.3, 0.4) is 0 Å². The molecule has 0 aromatic heterocycles. The molecule has 0 atom stereocenters. The van der Waals surface area contributed by atoms with E-state index < -0.39 is 11.6 Å². The van der Waals surface area contributed by atoms with Crippen LogP contribution in [0.5, 0.6) is 0 Å². The number of nitrogens with zero attached hydrogens (tertiary/aromatic N) is 1. The zero-order valence-electron chi connectivity index (χ0n) is 12.5. The number of hydrogen-bond donors (Lipinski definition) is 0. The SMILES string of the molecule is C=C1C(I)=CC(c2ccccc2)=C(c2c(F)cccc2F)N1C. The van der Waals surface area contributed by atoms with Crippen molar-refractivity contribution in [3.05, 3.63) is 93.2 Å². The topological polar surface area (TPSA) is 3.24 Å². The third-order valence-corrected chi connectivity index (χ3v) is 4.76. The van der Waals surface area contributed by atoms with Crippen LogP contribution in [0.4, 0.5) is 8.78 Å². The summed E-state index contributed by atoms with van der Waals surface area (Å²) in [4.78, 5) is 1.74. The van der Waals surface area contributed by atoms with Crippen LogP contribution in [0, 0.1) is 11.6 Å². The molecule has 1 heterocycles. The Morgan fingerprint density at radius 2 is 1.57 bits per heavy atom. The van der Waals surface area contributed by atoms with Gasteiger partial charge in [0, 0.05) is 21.9 Å². The molecular formula is C19H14F2IN. The minimum Gasteiger partial charge on any atom is -0.343 e. The molecule has 0 saturated heterocycles. The first-order chi connectivity index (χ1) is 11.0. The molecule has 0 fully saturated rings. The van der Waals surface area contributed by atoms with Gasteiger partial charge in [0.2, 0.25) is 0 Å². The number of likely N-dealkylation sites (N-methyl/N-ethyl adjacent to an activating group) is 1. The van der Waals surface area contributed by atoms with Crippen molar-refractivity contribution in [2.24, 2.45) is 0 Å². The standard InChI is InChI=1S/C19H14F2IN/c1-12-17(22)11-14(13-7-4-3-5-8-13)19(23(12)2)18-15(20)9-6-10-16(18)21/h3-11H,1H2,2H3. The van der Waals surface area contributed by atoms with Gasteiger partial charge in [0.1, 0.15) is 11.6 Å². The number of halogens is 3. The summed E-state index contributed by atoms with van der Waals surface area (Å²) < 4.78 is 29.7. The summed E-state index contributed by atoms with van der Waals surface area (Å²) in [6.07, 6.45) is 1.92. The van der Waals surface area contributed by atoms with Crippen LogP contribution in [0.2, 0.25) is 0 Å². The van der Waals surface area contributed by atoms with Crippen molar-refractivity contribution in [3.63, 3.8) is 0 Å². The highest BCUT2D eigenvalue weighted by Gasteiger charge is 2.26. The second-order valence-electron chi connectivity index (χ2n) is 5.22. The van der Waals surface area contributed by atoms with Crippen LogP contribution in [0.15, 0.2) is 70.5 Å². The van der Waals surface area contributed by atoms with Crippen LogP contribution in [-0.2, 0) is 0 Å². The van der Waals surface area contributed by atoms with Gasteiger partial charge in [-0.1, -0.05) is 43.0 Å². The molecule has 23 heavy (non-hydrogen) atoms. The molecule has 0 radical (unpaired) electrons. The lowest BCUT2D eigenvalue weighted by Crippen LogP contribution is -2.21. The first kappa shape index (κ1) is 15.9. The summed E-state index contributed by atoms with van der Waals surface area (Å²) in [6.45, 7) is 4.01. The highest BCUT2D eigenvalue weighted by molar-refractivity contribution is 14.1. The number of rotatable bonds is 2. The van der Waals surface area contributed by atoms with Gasteiger partial charge in [0.25, 0.3) is 0 Å². The first-order valence-electron chi connectivity index (χ1n) is 7.05. The summed E-state index contributed by atoms with van der Waals surface area (Å²) in [5, 5.41) is 0. The van der Waals surface area contributed by atoms with Crippen LogP contribution < -0.4 is 0 Å². The van der Waals surface area contributed by atoms with Crippen molar-refractivity contribution in [2.45, 2.75) is 0 Å². The maximum Gasteiger partial charge on any atom is 0.135 e. The van der Waals surface area contributed by atoms with E-state index in [9.17, 15) is 8.78 Å². The first-order valence-corrected chi connectivity index (χ1v) is 8.13. The van der Waals surface area contributed by atoms with Crippen molar-refractivity contribution < 1.29 is 8.78 Å². The van der Waals surface area contributed by atoms with Crippen LogP contribution in [0.25, 0.3) is 11.3 Å². The van der Waals surface area contributed by atoms with Crippen molar-refractivity contribution in [1.29, 1.82) is 0 Å². The molecule has 2 aromatic carbocycles. The van der Waals surface area contributed by atoms with E-state index in [2.05, 4.69) is 29.2 Å². The van der Waals surface area contributed by atoms with Gasteiger partial charge in [0.05, 0.1) is 11.3 Å². The molecule has 0 bridgehead atoms. The van der Waals surface area contributed by atoms with E-state index in [1.807, 2.05) is 36.4 Å². The second-order valence-corrected chi connectivity index (χ2v) is 6.39. The Morgan fingerprint density at radius 1 is 0.957 bits per heavy atom. The second kappa shape index (κ2) is 6.28. The molecule has 4 heteroatoms. The smallest absolute Gasteiger partial charge is 0.135 e. The molecule has 0 N–H and O–H groups in total. The maximum atomic E-state index is 14.4. The van der Waals surface area contributed by atoms with Gasteiger partial charge in [0.15, 0.2) is 0 Å². The maximum absolute atomic E-state index is 14.4. The molecule has 0 amide bonds. The number of hydrogen-bond acceptors (Lipinski definition) is 1. The van der Waals surface area contributed by atoms with Gasteiger partial charge in [-0.2, -0.15) is 0 Å². The van der Waals surface area contributed by atoms with Gasteiger partial charge >= 0.3 is 0 Å². The fraction of sp³-hybridized carbons (Fsp3) is 0.0526. The highest BCUT2D eigenvalue weighted by Crippen LogP contribution is 2.41. The lowest BCUT2D eigenvalue weighted by molar-refractivity contribution is 0.551. The normalized spacial score (nSPS) is 15.0. The predicted octanol–water partition coefficient (Wildman–Crippen LogP) is 5.61. The quantitative estimate of drug-likeness (QED) is 0.570. The van der Waals surface area contributed by atoms with E-state index >= 15 is 0 Å². The number of allylic oxidation sites excluding steroid dienone is 3. The Labute approximate surface area is 147 Å². The predicted molar refractivity (Wildman–Crippen MR) is 98.6 cm³/mol. The molecule has 1 aliphatic rings. The third-order valence-electron chi connectivity index (χ3n) is 3.83. The molecule has 1 nitrogen and oxygen atoms in total. The Balaban J connectivity index is 2.36. The van der Waals surface area contributed by atoms with Gasteiger partial charge in [-0.15, -0.1) is 0 Å². The zero-order chi connectivity index (χ0) is 16.6. The summed E-state index contributed by atoms with van der Waals surface area (Å²) in [6, 6.07) is 13.5. The number of benzene rings is 2. The third kappa shape index (κ3) is 2.83. The Kier molecular flexibility index (Phi) is 4.35. The molecule has 3 rings (SSSR count). The summed E-state index contributed by atoms with van der Waals surface area (Å²) in [5.41, 5.74) is 2.84. The van der Waals surface area contributed by atoms with Gasteiger partial charge in [-0.3, -0.25) is 0 Å². The van der Waals surface area contributed by atoms with Gasteiger partial charge < -0.3 is 4.90 Å². The zero-order valence-corrected chi connectivity index (χ0v) is 14.6. The minimum atomic E-state index is -0.585. The summed E-state index contributed by atoms with van der Waals surface area (Å²) in [7, 11) is 1.78. The van der Waals surface area contributed by atoms with Crippen LogP contribution in [0.1, 0.15) is 11.1 Å². The monoisotopic (exact) mass is 421 g/mol. The molecule has 116 valence electrons. The van der Waals surface area contributed by atoms with E-state index in [0.29, 0.717) is 11.4 Å². The molecule has 0 aliphatic carbocycles. The summed E-state index contributed by atoms with van der Waals surface area (Å²) in [5.74, 6) is -1.17. The lowest BCUT2D eigenvalue weighted by Gasteiger charge is -2.31. The van der Waals surface area contributed by atoms with E-state index in [-0.39, 0.29) is 5.56 Å². The summed E-state index contributed by atoms with van der Waals surface area (Å²) >= 11 is 2.18. The van der Waals surface area contributed by atoms with E-state index in [1.54, 1.807) is 11.9 Å². The van der Waals surface area contributed by atoms with Gasteiger partial charge in [-0.25, -0.2) is 8.78 Å². The molecule has 1 aliphatic heterocycles. The van der Waals surface area contributed by atoms with E-state index in [1.165, 1.54) is 18.2 Å². The highest BCUT2D eigenvalue weighted by atomic mass is 127. The van der Waals surface area contributed by atoms with Gasteiger partial charge in [-0.05, 0) is 46.4 Å². The fourth-order valence-corrected chi connectivity index (χ4v) is 3.29. The molecule has 0 unspecified atom stereocenters. The Morgan fingerprint density at radius 3 is 2.17 bits per heavy atom. The van der Waals surface area contributed by atoms with Crippen LogP contribution in [-0.4, -0.2) is 11.9 Å². The van der Waals surface area contributed by atoms with E-state index in [0.717, 1.165) is 14.7 Å². The molecular weight excluding hydrogens is 407 g/mol. The van der Waals surface area contributed by atoms with Crippen molar-refractivity contribution >= 4 is 33.9 Å².